The molecule has 12 heavy (non-hydrogen) atoms. The Bertz CT molecular complexity index is 120. The van der Waals surface area contributed by atoms with E-state index in [2.05, 4.69) is 13.8 Å². The maximum absolute atomic E-state index is 7.87. The molecule has 70 valence electrons. The predicted molar refractivity (Wildman–Crippen MR) is 50.6 cm³/mol. The van der Waals surface area contributed by atoms with E-state index in [0.717, 1.165) is 25.7 Å². The van der Waals surface area contributed by atoms with E-state index in [-0.39, 0.29) is 12.1 Å². The van der Waals surface area contributed by atoms with Crippen molar-refractivity contribution < 1.29 is 0 Å². The molecule has 0 spiro atoms. The molecule has 2 N–H and O–H groups in total. The van der Waals surface area contributed by atoms with Crippen LogP contribution < -0.4 is 11.5 Å². The molecule has 1 saturated carbocycles. The number of hydrogen-bond acceptors (Lipinski definition) is 0. The van der Waals surface area contributed by atoms with Gasteiger partial charge in [-0.15, -0.1) is 0 Å². The van der Waals surface area contributed by atoms with E-state index in [0.29, 0.717) is 11.8 Å². The molecule has 0 amide bonds. The summed E-state index contributed by atoms with van der Waals surface area (Å²) in [6, 6.07) is 0.225. The topological polar surface area (TPSA) is 47.6 Å². The average molecular weight is 168 g/mol. The van der Waals surface area contributed by atoms with Gasteiger partial charge >= 0.3 is 0 Å². The van der Waals surface area contributed by atoms with Crippen LogP contribution in [0.1, 0.15) is 39.5 Å². The molecule has 0 aromatic carbocycles. The molecule has 0 aromatic heterocycles. The van der Waals surface area contributed by atoms with Gasteiger partial charge in [0.25, 0.3) is 0 Å². The molecule has 0 aliphatic heterocycles. The quantitative estimate of drug-likeness (QED) is 0.606. The van der Waals surface area contributed by atoms with Gasteiger partial charge in [0, 0.05) is 12.1 Å². The minimum absolute atomic E-state index is 0.113. The van der Waals surface area contributed by atoms with Crippen LogP contribution >= 0.6 is 0 Å². The molecule has 0 heterocycles. The molecule has 4 unspecified atom stereocenters. The van der Waals surface area contributed by atoms with Crippen molar-refractivity contribution in [3.8, 4) is 0 Å². The molecule has 0 saturated heterocycles. The lowest BCUT2D eigenvalue weighted by atomic mass is 9.74. The highest BCUT2D eigenvalue weighted by Gasteiger charge is 2.32. The molecule has 0 aromatic rings. The summed E-state index contributed by atoms with van der Waals surface area (Å²) in [6.45, 7) is 4.29. The van der Waals surface area contributed by atoms with Crippen molar-refractivity contribution in [3.63, 3.8) is 0 Å². The van der Waals surface area contributed by atoms with Gasteiger partial charge in [0.2, 0.25) is 0 Å². The Morgan fingerprint density at radius 1 is 0.917 bits per heavy atom. The van der Waals surface area contributed by atoms with Gasteiger partial charge in [0.05, 0.1) is 0 Å². The van der Waals surface area contributed by atoms with Crippen molar-refractivity contribution >= 4 is 0 Å². The predicted octanol–water partition coefficient (Wildman–Crippen LogP) is 2.14. The lowest BCUT2D eigenvalue weighted by molar-refractivity contribution is 0.189. The fraction of sp³-hybridized carbons (Fsp3) is 1.00. The smallest absolute Gasteiger partial charge is 0.0244 e. The van der Waals surface area contributed by atoms with Crippen LogP contribution in [0.3, 0.4) is 0 Å². The first kappa shape index (κ1) is 10.0. The van der Waals surface area contributed by atoms with Crippen LogP contribution in [0.5, 0.6) is 0 Å². The molecule has 4 atom stereocenters. The Hall–Kier alpha value is -0.0800. The molecule has 1 rings (SSSR count). The minimum Gasteiger partial charge on any atom is -0.254 e. The summed E-state index contributed by atoms with van der Waals surface area (Å²) in [6.07, 6.45) is 4.09. The van der Waals surface area contributed by atoms with E-state index >= 15 is 0 Å². The highest BCUT2D eigenvalue weighted by molar-refractivity contribution is 4.88. The van der Waals surface area contributed by atoms with Gasteiger partial charge in [-0.25, -0.2) is 0 Å². The van der Waals surface area contributed by atoms with Gasteiger partial charge in [0.15, 0.2) is 0 Å². The molecule has 2 radical (unpaired) electrons. The van der Waals surface area contributed by atoms with Gasteiger partial charge in [0.1, 0.15) is 0 Å². The van der Waals surface area contributed by atoms with Crippen LogP contribution in [-0.4, -0.2) is 12.1 Å². The van der Waals surface area contributed by atoms with Crippen molar-refractivity contribution in [1.82, 2.24) is 11.5 Å². The second-order valence-corrected chi connectivity index (χ2v) is 4.02. The second kappa shape index (κ2) is 4.24. The largest absolute Gasteiger partial charge is 0.254 e. The van der Waals surface area contributed by atoms with E-state index in [1.807, 2.05) is 0 Å². The summed E-state index contributed by atoms with van der Waals surface area (Å²) in [5.41, 5.74) is 15.7. The van der Waals surface area contributed by atoms with Crippen LogP contribution in [0.4, 0.5) is 0 Å². The number of rotatable bonds is 2. The SMILES string of the molecule is CCC1CC([NH])C(CC)CC1[NH]. The summed E-state index contributed by atoms with van der Waals surface area (Å²) in [5.74, 6) is 0.991. The Morgan fingerprint density at radius 2 is 1.25 bits per heavy atom. The maximum Gasteiger partial charge on any atom is 0.0244 e. The normalized spacial score (nSPS) is 43.0. The zero-order valence-electron chi connectivity index (χ0n) is 8.14. The van der Waals surface area contributed by atoms with Crippen molar-refractivity contribution in [2.24, 2.45) is 11.8 Å². The number of nitrogens with one attached hydrogen (secondary N) is 2. The second-order valence-electron chi connectivity index (χ2n) is 4.02. The zero-order chi connectivity index (χ0) is 9.14. The molecular formula is C10H20N2. The van der Waals surface area contributed by atoms with E-state index in [1.165, 1.54) is 0 Å². The summed E-state index contributed by atoms with van der Waals surface area (Å²) in [4.78, 5) is 0. The van der Waals surface area contributed by atoms with Crippen LogP contribution in [0.2, 0.25) is 0 Å². The maximum atomic E-state index is 7.87. The third-order valence-electron chi connectivity index (χ3n) is 3.30. The molecule has 0 bridgehead atoms. The molecule has 1 fully saturated rings. The lowest BCUT2D eigenvalue weighted by Crippen LogP contribution is -2.39. The summed E-state index contributed by atoms with van der Waals surface area (Å²) in [5, 5.41) is 0. The summed E-state index contributed by atoms with van der Waals surface area (Å²) in [7, 11) is 0. The Balaban J connectivity index is 2.49. The third-order valence-corrected chi connectivity index (χ3v) is 3.30. The minimum atomic E-state index is 0.113. The first-order chi connectivity index (χ1) is 5.69. The van der Waals surface area contributed by atoms with Gasteiger partial charge in [-0.2, -0.15) is 0 Å². The van der Waals surface area contributed by atoms with Crippen molar-refractivity contribution in [1.29, 1.82) is 0 Å². The fourth-order valence-electron chi connectivity index (χ4n) is 2.27. The summed E-state index contributed by atoms with van der Waals surface area (Å²) >= 11 is 0. The van der Waals surface area contributed by atoms with Crippen LogP contribution in [0, 0.1) is 11.8 Å². The van der Waals surface area contributed by atoms with Crippen LogP contribution in [-0.2, 0) is 0 Å². The van der Waals surface area contributed by atoms with Gasteiger partial charge < -0.3 is 0 Å². The van der Waals surface area contributed by atoms with Crippen molar-refractivity contribution in [2.45, 2.75) is 51.6 Å². The third kappa shape index (κ3) is 1.99. The highest BCUT2D eigenvalue weighted by Crippen LogP contribution is 2.32. The van der Waals surface area contributed by atoms with Gasteiger partial charge in [-0.05, 0) is 24.7 Å². The molecule has 1 aliphatic carbocycles. The van der Waals surface area contributed by atoms with Crippen LogP contribution in [0.25, 0.3) is 0 Å². The van der Waals surface area contributed by atoms with Gasteiger partial charge in [-0.3, -0.25) is 11.5 Å². The number of hydrogen-bond donors (Lipinski definition) is 0. The zero-order valence-corrected chi connectivity index (χ0v) is 8.14. The van der Waals surface area contributed by atoms with E-state index < -0.39 is 0 Å². The Morgan fingerprint density at radius 3 is 1.50 bits per heavy atom. The van der Waals surface area contributed by atoms with E-state index in [9.17, 15) is 0 Å². The van der Waals surface area contributed by atoms with Gasteiger partial charge in [-0.1, -0.05) is 26.7 Å². The lowest BCUT2D eigenvalue weighted by Gasteiger charge is -2.36. The standard InChI is InChI=1S/C10H20N2/c1-3-7-5-10(12)8(4-2)6-9(7)11/h7-12H,3-6H2,1-2H3. The molecule has 1 aliphatic rings. The monoisotopic (exact) mass is 168 g/mol. The average Bonchev–Trinajstić information content (AvgIpc) is 2.08. The molecule has 2 nitrogen and oxygen atoms in total. The fourth-order valence-corrected chi connectivity index (χ4v) is 2.27. The van der Waals surface area contributed by atoms with Crippen LogP contribution in [0.15, 0.2) is 0 Å². The highest BCUT2D eigenvalue weighted by atomic mass is 14.7. The molecule has 2 heteroatoms. The first-order valence-electron chi connectivity index (χ1n) is 5.11. The Kier molecular flexibility index (Phi) is 3.53. The summed E-state index contributed by atoms with van der Waals surface area (Å²) < 4.78 is 0. The first-order valence-corrected chi connectivity index (χ1v) is 5.11. The van der Waals surface area contributed by atoms with Crippen molar-refractivity contribution in [2.75, 3.05) is 0 Å². The van der Waals surface area contributed by atoms with E-state index in [4.69, 9.17) is 11.5 Å². The van der Waals surface area contributed by atoms with E-state index in [1.54, 1.807) is 0 Å². The Labute approximate surface area is 75.7 Å². The molecular weight excluding hydrogens is 148 g/mol. The van der Waals surface area contributed by atoms with Crippen molar-refractivity contribution in [3.05, 3.63) is 0 Å².